The average Bonchev–Trinajstić information content (AvgIpc) is 2.70. The Morgan fingerprint density at radius 1 is 1.13 bits per heavy atom. The number of hydrogen-bond donors (Lipinski definition) is 2. The van der Waals surface area contributed by atoms with Gasteiger partial charge < -0.3 is 15.4 Å². The number of rotatable bonds is 7. The molecule has 1 aliphatic rings. The molecule has 0 spiro atoms. The molecule has 2 unspecified atom stereocenters. The maximum atomic E-state index is 13.5. The Labute approximate surface area is 175 Å². The van der Waals surface area contributed by atoms with Gasteiger partial charge in [0.2, 0.25) is 0 Å². The first-order valence-electron chi connectivity index (χ1n) is 9.89. The summed E-state index contributed by atoms with van der Waals surface area (Å²) in [4.78, 5) is 26.6. The van der Waals surface area contributed by atoms with E-state index >= 15 is 0 Å². The van der Waals surface area contributed by atoms with E-state index in [0.717, 1.165) is 11.1 Å². The SMILES string of the molecule is CCOC(=O)C1=C(CN(C)C(c2ccccc2)c2ccc(F)cc2)NC(=O)NC1C. The predicted molar refractivity (Wildman–Crippen MR) is 112 cm³/mol. The highest BCUT2D eigenvalue weighted by atomic mass is 19.1. The van der Waals surface area contributed by atoms with Crippen molar-refractivity contribution in [2.45, 2.75) is 25.9 Å². The van der Waals surface area contributed by atoms with Gasteiger partial charge in [0, 0.05) is 12.2 Å². The lowest BCUT2D eigenvalue weighted by atomic mass is 9.96. The van der Waals surface area contributed by atoms with Crippen molar-refractivity contribution in [3.8, 4) is 0 Å². The molecule has 158 valence electrons. The summed E-state index contributed by atoms with van der Waals surface area (Å²) in [5.74, 6) is -0.765. The highest BCUT2D eigenvalue weighted by Gasteiger charge is 2.31. The number of hydrogen-bond acceptors (Lipinski definition) is 4. The van der Waals surface area contributed by atoms with Crippen LogP contribution >= 0.6 is 0 Å². The van der Waals surface area contributed by atoms with Crippen LogP contribution in [0.25, 0.3) is 0 Å². The molecule has 0 saturated carbocycles. The molecule has 2 amide bonds. The molecule has 2 atom stereocenters. The van der Waals surface area contributed by atoms with E-state index in [1.165, 1.54) is 12.1 Å². The highest BCUT2D eigenvalue weighted by Crippen LogP contribution is 2.29. The van der Waals surface area contributed by atoms with Gasteiger partial charge >= 0.3 is 12.0 Å². The lowest BCUT2D eigenvalue weighted by Crippen LogP contribution is -2.51. The second kappa shape index (κ2) is 9.54. The Bertz CT molecular complexity index is 928. The van der Waals surface area contributed by atoms with E-state index < -0.39 is 12.0 Å². The number of amides is 2. The molecule has 0 bridgehead atoms. The molecule has 2 aromatic carbocycles. The van der Waals surface area contributed by atoms with Crippen LogP contribution in [0, 0.1) is 5.82 Å². The Hall–Kier alpha value is -3.19. The van der Waals surface area contributed by atoms with Gasteiger partial charge in [-0.2, -0.15) is 0 Å². The van der Waals surface area contributed by atoms with Crippen LogP contribution < -0.4 is 10.6 Å². The number of likely N-dealkylation sites (N-methyl/N-ethyl adjacent to an activating group) is 1. The molecule has 30 heavy (non-hydrogen) atoms. The zero-order valence-electron chi connectivity index (χ0n) is 17.3. The number of benzene rings is 2. The minimum Gasteiger partial charge on any atom is -0.463 e. The summed E-state index contributed by atoms with van der Waals surface area (Å²) in [6.07, 6.45) is 0. The Morgan fingerprint density at radius 3 is 2.40 bits per heavy atom. The van der Waals surface area contributed by atoms with Gasteiger partial charge in [-0.05, 0) is 44.2 Å². The second-order valence-electron chi connectivity index (χ2n) is 7.21. The average molecular weight is 411 g/mol. The van der Waals surface area contributed by atoms with Gasteiger partial charge in [-0.3, -0.25) is 4.90 Å². The van der Waals surface area contributed by atoms with Gasteiger partial charge in [-0.25, -0.2) is 14.0 Å². The largest absolute Gasteiger partial charge is 0.463 e. The van der Waals surface area contributed by atoms with Crippen LogP contribution in [0.1, 0.15) is 31.0 Å². The number of halogens is 1. The van der Waals surface area contributed by atoms with Gasteiger partial charge in [0.1, 0.15) is 5.82 Å². The van der Waals surface area contributed by atoms with Crippen molar-refractivity contribution >= 4 is 12.0 Å². The summed E-state index contributed by atoms with van der Waals surface area (Å²) in [6.45, 7) is 4.03. The second-order valence-corrected chi connectivity index (χ2v) is 7.21. The fraction of sp³-hybridized carbons (Fsp3) is 0.304. The molecule has 2 aromatic rings. The van der Waals surface area contributed by atoms with Crippen molar-refractivity contribution < 1.29 is 18.7 Å². The molecule has 0 saturated heterocycles. The van der Waals surface area contributed by atoms with Gasteiger partial charge in [-0.1, -0.05) is 42.5 Å². The van der Waals surface area contributed by atoms with E-state index in [1.807, 2.05) is 42.3 Å². The van der Waals surface area contributed by atoms with Crippen LogP contribution in [0.15, 0.2) is 65.9 Å². The van der Waals surface area contributed by atoms with Crippen LogP contribution in [0.5, 0.6) is 0 Å². The summed E-state index contributed by atoms with van der Waals surface area (Å²) in [6, 6.07) is 15.1. The van der Waals surface area contributed by atoms with Crippen molar-refractivity contribution in [1.29, 1.82) is 0 Å². The number of urea groups is 1. The first kappa shape index (κ1) is 21.5. The van der Waals surface area contributed by atoms with E-state index in [4.69, 9.17) is 4.74 Å². The van der Waals surface area contributed by atoms with E-state index in [0.29, 0.717) is 17.8 Å². The topological polar surface area (TPSA) is 70.7 Å². The normalized spacial score (nSPS) is 17.4. The monoisotopic (exact) mass is 411 g/mol. The molecular weight excluding hydrogens is 385 g/mol. The Balaban J connectivity index is 1.98. The summed E-state index contributed by atoms with van der Waals surface area (Å²) >= 11 is 0. The molecular formula is C23H26FN3O3. The zero-order chi connectivity index (χ0) is 21.7. The number of carbonyl (C=O) groups excluding carboxylic acids is 2. The van der Waals surface area contributed by atoms with Gasteiger partial charge in [0.25, 0.3) is 0 Å². The van der Waals surface area contributed by atoms with Crippen molar-refractivity contribution in [2.75, 3.05) is 20.2 Å². The molecule has 7 heteroatoms. The fourth-order valence-corrected chi connectivity index (χ4v) is 3.73. The molecule has 1 heterocycles. The van der Waals surface area contributed by atoms with Gasteiger partial charge in [0.05, 0.1) is 24.3 Å². The molecule has 3 rings (SSSR count). The maximum absolute atomic E-state index is 13.5. The van der Waals surface area contributed by atoms with E-state index in [9.17, 15) is 14.0 Å². The van der Waals surface area contributed by atoms with E-state index in [-0.39, 0.29) is 24.5 Å². The predicted octanol–water partition coefficient (Wildman–Crippen LogP) is 3.37. The first-order chi connectivity index (χ1) is 14.4. The van der Waals surface area contributed by atoms with E-state index in [2.05, 4.69) is 10.6 Å². The lowest BCUT2D eigenvalue weighted by Gasteiger charge is -2.33. The Morgan fingerprint density at radius 2 is 1.77 bits per heavy atom. The number of ether oxygens (including phenoxy) is 1. The summed E-state index contributed by atoms with van der Waals surface area (Å²) in [7, 11) is 1.90. The minimum absolute atomic E-state index is 0.204. The van der Waals surface area contributed by atoms with Crippen LogP contribution in [0.2, 0.25) is 0 Å². The van der Waals surface area contributed by atoms with Crippen LogP contribution in [0.3, 0.4) is 0 Å². The first-order valence-corrected chi connectivity index (χ1v) is 9.89. The zero-order valence-corrected chi connectivity index (χ0v) is 17.3. The lowest BCUT2D eigenvalue weighted by molar-refractivity contribution is -0.139. The third-order valence-electron chi connectivity index (χ3n) is 5.01. The maximum Gasteiger partial charge on any atom is 0.337 e. The molecule has 0 aliphatic carbocycles. The molecule has 0 fully saturated rings. The molecule has 0 aromatic heterocycles. The van der Waals surface area contributed by atoms with Crippen molar-refractivity contribution in [2.24, 2.45) is 0 Å². The highest BCUT2D eigenvalue weighted by molar-refractivity contribution is 5.94. The summed E-state index contributed by atoms with van der Waals surface area (Å²) in [5.41, 5.74) is 2.80. The minimum atomic E-state index is -0.470. The van der Waals surface area contributed by atoms with Gasteiger partial charge in [-0.15, -0.1) is 0 Å². The molecule has 6 nitrogen and oxygen atoms in total. The number of nitrogens with zero attached hydrogens (tertiary/aromatic N) is 1. The van der Waals surface area contributed by atoms with Crippen LogP contribution in [-0.2, 0) is 9.53 Å². The third-order valence-corrected chi connectivity index (χ3v) is 5.01. The summed E-state index contributed by atoms with van der Waals surface area (Å²) < 4.78 is 18.7. The molecule has 0 radical (unpaired) electrons. The smallest absolute Gasteiger partial charge is 0.337 e. The van der Waals surface area contributed by atoms with Gasteiger partial charge in [0.15, 0.2) is 0 Å². The fourth-order valence-electron chi connectivity index (χ4n) is 3.73. The molecule has 1 aliphatic heterocycles. The molecule has 2 N–H and O–H groups in total. The quantitative estimate of drug-likeness (QED) is 0.686. The van der Waals surface area contributed by atoms with E-state index in [1.54, 1.807) is 26.0 Å². The van der Waals surface area contributed by atoms with Crippen LogP contribution in [0.4, 0.5) is 9.18 Å². The third kappa shape index (κ3) is 4.86. The van der Waals surface area contributed by atoms with Crippen molar-refractivity contribution in [3.63, 3.8) is 0 Å². The number of esters is 1. The standard InChI is InChI=1S/C23H26FN3O3/c1-4-30-22(28)20-15(2)25-23(29)26-19(20)14-27(3)21(16-8-6-5-7-9-16)17-10-12-18(24)13-11-17/h5-13,15,21H,4,14H2,1-3H3,(H2,25,26,29). The Kier molecular flexibility index (Phi) is 6.84. The number of nitrogens with one attached hydrogen (secondary N) is 2. The van der Waals surface area contributed by atoms with Crippen LogP contribution in [-0.4, -0.2) is 43.1 Å². The van der Waals surface area contributed by atoms with Crippen molar-refractivity contribution in [3.05, 3.63) is 82.8 Å². The van der Waals surface area contributed by atoms with Crippen molar-refractivity contribution in [1.82, 2.24) is 15.5 Å². The number of carbonyl (C=O) groups is 2. The summed E-state index contributed by atoms with van der Waals surface area (Å²) in [5, 5.41) is 5.46.